The van der Waals surface area contributed by atoms with Crippen LogP contribution in [0, 0.1) is 0 Å². The van der Waals surface area contributed by atoms with E-state index >= 15 is 0 Å². The van der Waals surface area contributed by atoms with E-state index in [1.807, 2.05) is 0 Å². The molecule has 1 aliphatic heterocycles. The lowest BCUT2D eigenvalue weighted by Crippen LogP contribution is -2.41. The van der Waals surface area contributed by atoms with Crippen molar-refractivity contribution in [2.24, 2.45) is 0 Å². The lowest BCUT2D eigenvalue weighted by atomic mass is 10.1. The van der Waals surface area contributed by atoms with Crippen molar-refractivity contribution < 1.29 is 24.9 Å². The maximum atomic E-state index is 11.4. The number of nitrogens with two attached hydrogens (primary N) is 1. The lowest BCUT2D eigenvalue weighted by Gasteiger charge is -2.16. The molecule has 0 aromatic carbocycles. The lowest BCUT2D eigenvalue weighted by molar-refractivity contribution is -0.173. The summed E-state index contributed by atoms with van der Waals surface area (Å²) in [5, 5.41) is 28.0. The molecule has 2 heterocycles. The second-order valence-electron chi connectivity index (χ2n) is 3.77. The molecule has 1 aliphatic rings. The monoisotopic (exact) mass is 259 g/mol. The Kier molecular flexibility index (Phi) is 3.48. The summed E-state index contributed by atoms with van der Waals surface area (Å²) in [6, 6.07) is 1.32. The van der Waals surface area contributed by atoms with Gasteiger partial charge in [0, 0.05) is 6.07 Å². The maximum absolute atomic E-state index is 11.4. The van der Waals surface area contributed by atoms with Crippen LogP contribution < -0.4 is 16.3 Å². The van der Waals surface area contributed by atoms with E-state index in [1.165, 1.54) is 12.3 Å². The van der Waals surface area contributed by atoms with Gasteiger partial charge < -0.3 is 30.6 Å². The highest BCUT2D eigenvalue weighted by molar-refractivity contribution is 5.23. The fourth-order valence-electron chi connectivity index (χ4n) is 1.55. The van der Waals surface area contributed by atoms with E-state index in [0.717, 1.165) is 4.73 Å². The third-order valence-electron chi connectivity index (χ3n) is 2.51. The summed E-state index contributed by atoms with van der Waals surface area (Å²) >= 11 is 0. The van der Waals surface area contributed by atoms with E-state index < -0.39 is 36.9 Å². The maximum Gasteiger partial charge on any atom is 0.382 e. The van der Waals surface area contributed by atoms with Crippen LogP contribution in [0.25, 0.3) is 0 Å². The van der Waals surface area contributed by atoms with Crippen LogP contribution >= 0.6 is 0 Å². The second kappa shape index (κ2) is 4.90. The molecule has 1 fully saturated rings. The summed E-state index contributed by atoms with van der Waals surface area (Å²) in [5.74, 6) is 0.0287. The van der Waals surface area contributed by atoms with E-state index in [2.05, 4.69) is 4.98 Å². The first-order chi connectivity index (χ1) is 8.52. The minimum Gasteiger partial charge on any atom is -0.394 e. The van der Waals surface area contributed by atoms with Crippen LogP contribution in [-0.4, -0.2) is 56.2 Å². The topological polar surface area (TPSA) is 140 Å². The van der Waals surface area contributed by atoms with Crippen molar-refractivity contribution in [2.75, 3.05) is 12.3 Å². The Hall–Kier alpha value is -1.68. The molecule has 9 nitrogen and oxygen atoms in total. The zero-order valence-corrected chi connectivity index (χ0v) is 9.21. The van der Waals surface area contributed by atoms with Crippen molar-refractivity contribution in [3.8, 4) is 0 Å². The van der Waals surface area contributed by atoms with Crippen molar-refractivity contribution in [1.29, 1.82) is 0 Å². The molecule has 4 atom stereocenters. The number of hydrogen-bond donors (Lipinski definition) is 4. The minimum atomic E-state index is -1.38. The molecule has 0 aliphatic carbocycles. The molecule has 18 heavy (non-hydrogen) atoms. The summed E-state index contributed by atoms with van der Waals surface area (Å²) in [6.45, 7) is -0.479. The number of ether oxygens (including phenoxy) is 1. The van der Waals surface area contributed by atoms with Crippen molar-refractivity contribution in [2.45, 2.75) is 24.6 Å². The van der Waals surface area contributed by atoms with Gasteiger partial charge in [-0.15, -0.1) is 4.73 Å². The van der Waals surface area contributed by atoms with Crippen molar-refractivity contribution in [3.05, 3.63) is 22.7 Å². The molecule has 2 rings (SSSR count). The average Bonchev–Trinajstić information content (AvgIpc) is 2.60. The molecule has 100 valence electrons. The van der Waals surface area contributed by atoms with Gasteiger partial charge in [-0.05, 0) is 0 Å². The van der Waals surface area contributed by atoms with Crippen LogP contribution in [0.5, 0.6) is 0 Å². The van der Waals surface area contributed by atoms with Crippen molar-refractivity contribution in [1.82, 2.24) is 9.71 Å². The fourth-order valence-corrected chi connectivity index (χ4v) is 1.55. The number of aromatic nitrogens is 2. The van der Waals surface area contributed by atoms with Gasteiger partial charge in [-0.25, -0.2) is 4.79 Å². The Morgan fingerprint density at radius 2 is 2.22 bits per heavy atom. The van der Waals surface area contributed by atoms with E-state index in [1.54, 1.807) is 0 Å². The Labute approximate surface area is 101 Å². The molecule has 0 amide bonds. The highest BCUT2D eigenvalue weighted by atomic mass is 16.8. The molecular weight excluding hydrogens is 246 g/mol. The number of nitrogens with zero attached hydrogens (tertiary/aromatic N) is 2. The highest BCUT2D eigenvalue weighted by Crippen LogP contribution is 2.20. The number of anilines is 1. The van der Waals surface area contributed by atoms with Crippen LogP contribution in [0.15, 0.2) is 17.1 Å². The number of aliphatic hydroxyl groups excluding tert-OH is 3. The molecule has 0 bridgehead atoms. The number of nitrogen functional groups attached to an aromatic ring is 1. The summed E-state index contributed by atoms with van der Waals surface area (Å²) in [5.41, 5.74) is 4.51. The summed E-state index contributed by atoms with van der Waals surface area (Å²) < 4.78 is 5.75. The largest absolute Gasteiger partial charge is 0.394 e. The predicted molar refractivity (Wildman–Crippen MR) is 57.2 cm³/mol. The molecule has 1 saturated heterocycles. The first-order valence-electron chi connectivity index (χ1n) is 5.17. The van der Waals surface area contributed by atoms with Crippen molar-refractivity contribution >= 4 is 5.82 Å². The predicted octanol–water partition coefficient (Wildman–Crippen LogP) is -3.31. The van der Waals surface area contributed by atoms with Crippen LogP contribution in [-0.2, 0) is 4.74 Å². The molecule has 5 N–H and O–H groups in total. The van der Waals surface area contributed by atoms with E-state index in [0.29, 0.717) is 0 Å². The molecular formula is C9H13N3O6. The van der Waals surface area contributed by atoms with Gasteiger partial charge in [0.05, 0.1) is 12.8 Å². The summed E-state index contributed by atoms with van der Waals surface area (Å²) in [4.78, 5) is 19.8. The van der Waals surface area contributed by atoms with Gasteiger partial charge in [-0.1, -0.05) is 0 Å². The Morgan fingerprint density at radius 1 is 1.50 bits per heavy atom. The standard InChI is InChI=1S/C9H13N3O6/c10-5-1-2-12(9(16)11-5)18-8-7(15)6(14)4(3-13)17-8/h1-2,4,6-8,13-15H,3H2,(H2,10,11,16)/t4-,6-,7+,8+/m1/s1. The van der Waals surface area contributed by atoms with Crippen LogP contribution in [0.2, 0.25) is 0 Å². The summed E-state index contributed by atoms with van der Waals surface area (Å²) in [7, 11) is 0. The number of hydrogen-bond acceptors (Lipinski definition) is 8. The third kappa shape index (κ3) is 2.29. The zero-order chi connectivity index (χ0) is 13.3. The summed E-state index contributed by atoms with van der Waals surface area (Å²) in [6.07, 6.45) is -3.72. The molecule has 0 spiro atoms. The second-order valence-corrected chi connectivity index (χ2v) is 3.77. The van der Waals surface area contributed by atoms with E-state index in [9.17, 15) is 15.0 Å². The Bertz CT molecular complexity index is 478. The molecule has 1 aromatic heterocycles. The first-order valence-corrected chi connectivity index (χ1v) is 5.17. The molecule has 0 radical (unpaired) electrons. The first kappa shape index (κ1) is 12.8. The van der Waals surface area contributed by atoms with E-state index in [4.69, 9.17) is 20.4 Å². The SMILES string of the molecule is Nc1ccn(O[C@@H]2O[C@H](CO)[C@@H](O)[C@@H]2O)c(=O)n1. The van der Waals surface area contributed by atoms with Crippen LogP contribution in [0.3, 0.4) is 0 Å². The third-order valence-corrected chi connectivity index (χ3v) is 2.51. The van der Waals surface area contributed by atoms with Crippen LogP contribution in [0.1, 0.15) is 0 Å². The Balaban J connectivity index is 2.13. The highest BCUT2D eigenvalue weighted by Gasteiger charge is 2.44. The average molecular weight is 259 g/mol. The van der Waals surface area contributed by atoms with Crippen molar-refractivity contribution in [3.63, 3.8) is 0 Å². The smallest absolute Gasteiger partial charge is 0.382 e. The molecule has 0 unspecified atom stereocenters. The van der Waals surface area contributed by atoms with Gasteiger partial charge in [-0.3, -0.25) is 0 Å². The van der Waals surface area contributed by atoms with Gasteiger partial charge >= 0.3 is 5.69 Å². The fraction of sp³-hybridized carbons (Fsp3) is 0.556. The van der Waals surface area contributed by atoms with Gasteiger partial charge in [0.25, 0.3) is 6.29 Å². The molecule has 0 saturated carbocycles. The normalized spacial score (nSPS) is 31.5. The van der Waals surface area contributed by atoms with Gasteiger partial charge in [-0.2, -0.15) is 4.98 Å². The molecule has 9 heteroatoms. The van der Waals surface area contributed by atoms with Crippen LogP contribution in [0.4, 0.5) is 5.82 Å². The number of aliphatic hydroxyl groups is 3. The number of rotatable bonds is 3. The molecule has 1 aromatic rings. The minimum absolute atomic E-state index is 0.0287. The van der Waals surface area contributed by atoms with Gasteiger partial charge in [0.1, 0.15) is 24.1 Å². The van der Waals surface area contributed by atoms with Gasteiger partial charge in [0.15, 0.2) is 0 Å². The quantitative estimate of drug-likeness (QED) is 0.442. The zero-order valence-electron chi connectivity index (χ0n) is 9.21. The van der Waals surface area contributed by atoms with E-state index in [-0.39, 0.29) is 5.82 Å². The Morgan fingerprint density at radius 3 is 2.78 bits per heavy atom. The van der Waals surface area contributed by atoms with Gasteiger partial charge in [0.2, 0.25) is 0 Å².